The summed E-state index contributed by atoms with van der Waals surface area (Å²) in [6.07, 6.45) is -0.724. The first-order valence-corrected chi connectivity index (χ1v) is 6.37. The lowest BCUT2D eigenvalue weighted by atomic mass is 10.1. The summed E-state index contributed by atoms with van der Waals surface area (Å²) in [4.78, 5) is 11.6. The molecule has 0 saturated heterocycles. The molecule has 0 aromatic heterocycles. The minimum atomic E-state index is -0.876. The molecule has 0 spiro atoms. The van der Waals surface area contributed by atoms with Gasteiger partial charge in [0.2, 0.25) is 0 Å². The van der Waals surface area contributed by atoms with E-state index in [4.69, 9.17) is 4.74 Å². The Bertz CT molecular complexity index is 435. The van der Waals surface area contributed by atoms with Crippen molar-refractivity contribution >= 4 is 5.91 Å². The maximum absolute atomic E-state index is 13.6. The van der Waals surface area contributed by atoms with Gasteiger partial charge in [-0.15, -0.1) is 0 Å². The normalized spacial score (nSPS) is 13.7. The van der Waals surface area contributed by atoms with Gasteiger partial charge in [0.05, 0.1) is 6.10 Å². The Labute approximate surface area is 112 Å². The standard InChI is InChI=1S/C14H20FNO3/c1-4-7-16-14(18)10(3)19-11-5-6-12(9(2)17)13(15)8-11/h5-6,8-10,17H,4,7H2,1-3H3,(H,16,18). The topological polar surface area (TPSA) is 58.6 Å². The maximum Gasteiger partial charge on any atom is 0.260 e. The Hall–Kier alpha value is -1.62. The summed E-state index contributed by atoms with van der Waals surface area (Å²) >= 11 is 0. The lowest BCUT2D eigenvalue weighted by molar-refractivity contribution is -0.127. The van der Waals surface area contributed by atoms with Crippen molar-refractivity contribution in [1.82, 2.24) is 5.32 Å². The summed E-state index contributed by atoms with van der Waals surface area (Å²) in [5.74, 6) is -0.517. The SMILES string of the molecule is CCCNC(=O)C(C)Oc1ccc(C(C)O)c(F)c1. The summed E-state index contributed by atoms with van der Waals surface area (Å²) in [6, 6.07) is 4.16. The van der Waals surface area contributed by atoms with Crippen LogP contribution in [-0.2, 0) is 4.79 Å². The molecule has 0 fully saturated rings. The van der Waals surface area contributed by atoms with Crippen LogP contribution in [0.5, 0.6) is 5.75 Å². The van der Waals surface area contributed by atoms with E-state index in [0.717, 1.165) is 6.42 Å². The number of rotatable bonds is 6. The highest BCUT2D eigenvalue weighted by Gasteiger charge is 2.15. The van der Waals surface area contributed by atoms with Crippen LogP contribution in [0.4, 0.5) is 4.39 Å². The first-order valence-electron chi connectivity index (χ1n) is 6.37. The number of carbonyl (C=O) groups is 1. The third kappa shape index (κ3) is 4.52. The maximum atomic E-state index is 13.6. The van der Waals surface area contributed by atoms with Gasteiger partial charge in [-0.3, -0.25) is 4.79 Å². The van der Waals surface area contributed by atoms with Crippen molar-refractivity contribution < 1.29 is 19.0 Å². The summed E-state index contributed by atoms with van der Waals surface area (Å²) in [7, 11) is 0. The number of benzene rings is 1. The second-order valence-electron chi connectivity index (χ2n) is 4.41. The fraction of sp³-hybridized carbons (Fsp3) is 0.500. The number of aliphatic hydroxyl groups is 1. The molecule has 0 aliphatic rings. The van der Waals surface area contributed by atoms with Gasteiger partial charge in [0.15, 0.2) is 6.10 Å². The fourth-order valence-electron chi connectivity index (χ4n) is 1.57. The average Bonchev–Trinajstić information content (AvgIpc) is 2.35. The summed E-state index contributed by atoms with van der Waals surface area (Å²) in [5, 5.41) is 12.0. The number of hydrogen-bond acceptors (Lipinski definition) is 3. The number of halogens is 1. The van der Waals surface area contributed by atoms with E-state index in [9.17, 15) is 14.3 Å². The molecule has 1 aromatic rings. The largest absolute Gasteiger partial charge is 0.481 e. The molecule has 2 N–H and O–H groups in total. The van der Waals surface area contributed by atoms with Crippen LogP contribution in [0.2, 0.25) is 0 Å². The van der Waals surface area contributed by atoms with Crippen molar-refractivity contribution in [3.63, 3.8) is 0 Å². The summed E-state index contributed by atoms with van der Waals surface area (Å²) in [6.45, 7) is 5.63. The number of ether oxygens (including phenoxy) is 1. The third-order valence-electron chi connectivity index (χ3n) is 2.65. The van der Waals surface area contributed by atoms with E-state index in [1.165, 1.54) is 25.1 Å². The van der Waals surface area contributed by atoms with Gasteiger partial charge in [-0.2, -0.15) is 0 Å². The van der Waals surface area contributed by atoms with Crippen LogP contribution in [0, 0.1) is 5.82 Å². The molecule has 2 atom stereocenters. The van der Waals surface area contributed by atoms with Gasteiger partial charge >= 0.3 is 0 Å². The quantitative estimate of drug-likeness (QED) is 0.832. The smallest absolute Gasteiger partial charge is 0.260 e. The lowest BCUT2D eigenvalue weighted by Gasteiger charge is -2.15. The van der Waals surface area contributed by atoms with Gasteiger partial charge in [-0.25, -0.2) is 4.39 Å². The minimum absolute atomic E-state index is 0.204. The molecular formula is C14H20FNO3. The summed E-state index contributed by atoms with van der Waals surface area (Å²) in [5.41, 5.74) is 0.204. The van der Waals surface area contributed by atoms with E-state index in [2.05, 4.69) is 5.32 Å². The molecule has 1 rings (SSSR count). The molecule has 4 nitrogen and oxygen atoms in total. The highest BCUT2D eigenvalue weighted by atomic mass is 19.1. The van der Waals surface area contributed by atoms with Crippen LogP contribution in [0.15, 0.2) is 18.2 Å². The van der Waals surface area contributed by atoms with Crippen LogP contribution < -0.4 is 10.1 Å². The van der Waals surface area contributed by atoms with E-state index in [1.807, 2.05) is 6.92 Å². The average molecular weight is 269 g/mol. The summed E-state index contributed by atoms with van der Waals surface area (Å²) < 4.78 is 19.0. The Kier molecular flexibility index (Phi) is 5.76. The first kappa shape index (κ1) is 15.4. The first-order chi connectivity index (χ1) is 8.95. The Balaban J connectivity index is 2.67. The number of hydrogen-bond donors (Lipinski definition) is 2. The zero-order valence-electron chi connectivity index (χ0n) is 11.4. The molecule has 0 aliphatic carbocycles. The van der Waals surface area contributed by atoms with Gasteiger partial charge in [0.1, 0.15) is 11.6 Å². The van der Waals surface area contributed by atoms with Crippen molar-refractivity contribution in [2.75, 3.05) is 6.54 Å². The monoisotopic (exact) mass is 269 g/mol. The van der Waals surface area contributed by atoms with Crippen LogP contribution in [-0.4, -0.2) is 23.7 Å². The van der Waals surface area contributed by atoms with Gasteiger partial charge in [0.25, 0.3) is 5.91 Å². The Morgan fingerprint density at radius 3 is 2.68 bits per heavy atom. The van der Waals surface area contributed by atoms with Crippen LogP contribution >= 0.6 is 0 Å². The van der Waals surface area contributed by atoms with E-state index in [-0.39, 0.29) is 17.2 Å². The molecule has 106 valence electrons. The second-order valence-corrected chi connectivity index (χ2v) is 4.41. The van der Waals surface area contributed by atoms with Gasteiger partial charge in [-0.05, 0) is 32.4 Å². The number of carbonyl (C=O) groups excluding carboxylic acids is 1. The molecule has 5 heteroatoms. The Morgan fingerprint density at radius 1 is 1.47 bits per heavy atom. The molecule has 0 saturated carbocycles. The molecule has 2 unspecified atom stereocenters. The lowest BCUT2D eigenvalue weighted by Crippen LogP contribution is -2.36. The van der Waals surface area contributed by atoms with Crippen LogP contribution in [0.3, 0.4) is 0 Å². The number of aliphatic hydroxyl groups excluding tert-OH is 1. The predicted molar refractivity (Wildman–Crippen MR) is 70.4 cm³/mol. The predicted octanol–water partition coefficient (Wildman–Crippen LogP) is 2.17. The third-order valence-corrected chi connectivity index (χ3v) is 2.65. The van der Waals surface area contributed by atoms with E-state index < -0.39 is 18.0 Å². The Morgan fingerprint density at radius 2 is 2.16 bits per heavy atom. The number of nitrogens with one attached hydrogen (secondary N) is 1. The van der Waals surface area contributed by atoms with Crippen molar-refractivity contribution in [1.29, 1.82) is 0 Å². The molecule has 1 aromatic carbocycles. The van der Waals surface area contributed by atoms with Crippen molar-refractivity contribution in [3.8, 4) is 5.75 Å². The molecule has 0 aliphatic heterocycles. The zero-order chi connectivity index (χ0) is 14.4. The van der Waals surface area contributed by atoms with Crippen LogP contribution in [0.25, 0.3) is 0 Å². The molecule has 0 radical (unpaired) electrons. The second kappa shape index (κ2) is 7.09. The van der Waals surface area contributed by atoms with E-state index in [0.29, 0.717) is 6.54 Å². The molecule has 0 bridgehead atoms. The molecule has 19 heavy (non-hydrogen) atoms. The van der Waals surface area contributed by atoms with E-state index in [1.54, 1.807) is 6.92 Å². The van der Waals surface area contributed by atoms with Gasteiger partial charge in [0, 0.05) is 18.2 Å². The van der Waals surface area contributed by atoms with Crippen molar-refractivity contribution in [2.45, 2.75) is 39.4 Å². The van der Waals surface area contributed by atoms with E-state index >= 15 is 0 Å². The molecular weight excluding hydrogens is 249 g/mol. The fourth-order valence-corrected chi connectivity index (χ4v) is 1.57. The minimum Gasteiger partial charge on any atom is -0.481 e. The van der Waals surface area contributed by atoms with Gasteiger partial charge < -0.3 is 15.2 Å². The van der Waals surface area contributed by atoms with Gasteiger partial charge in [-0.1, -0.05) is 6.92 Å². The zero-order valence-corrected chi connectivity index (χ0v) is 11.4. The molecule has 0 heterocycles. The van der Waals surface area contributed by atoms with Crippen molar-refractivity contribution in [2.24, 2.45) is 0 Å². The highest BCUT2D eigenvalue weighted by molar-refractivity contribution is 5.80. The van der Waals surface area contributed by atoms with Crippen molar-refractivity contribution in [3.05, 3.63) is 29.6 Å². The highest BCUT2D eigenvalue weighted by Crippen LogP contribution is 2.22. The number of amides is 1. The molecule has 1 amide bonds. The van der Waals surface area contributed by atoms with Crippen LogP contribution in [0.1, 0.15) is 38.9 Å².